The monoisotopic (exact) mass is 312 g/mol. The van der Waals surface area contributed by atoms with Crippen LogP contribution in [-0.4, -0.2) is 27.9 Å². The molecule has 1 fully saturated rings. The van der Waals surface area contributed by atoms with Gasteiger partial charge < -0.3 is 0 Å². The van der Waals surface area contributed by atoms with Crippen LogP contribution in [0.1, 0.15) is 25.5 Å². The van der Waals surface area contributed by atoms with Crippen molar-refractivity contribution in [3.63, 3.8) is 0 Å². The van der Waals surface area contributed by atoms with E-state index in [0.717, 1.165) is 29.2 Å². The van der Waals surface area contributed by atoms with E-state index < -0.39 is 14.8 Å². The van der Waals surface area contributed by atoms with E-state index in [4.69, 9.17) is 0 Å². The third-order valence-corrected chi connectivity index (χ3v) is 6.67. The van der Waals surface area contributed by atoms with Gasteiger partial charge in [-0.15, -0.1) is 11.3 Å². The molecule has 8 heteroatoms. The van der Waals surface area contributed by atoms with E-state index in [1.807, 2.05) is 24.7 Å². The smallest absolute Gasteiger partial charge is 0.217 e. The SMILES string of the molecule is Cn1ccc(-c2nc(CNS(=O)(=O)C3(C)CC3)cs2)n1. The van der Waals surface area contributed by atoms with Crippen LogP contribution < -0.4 is 4.72 Å². The van der Waals surface area contributed by atoms with Crippen LogP contribution in [-0.2, 0) is 23.6 Å². The van der Waals surface area contributed by atoms with E-state index in [-0.39, 0.29) is 6.54 Å². The van der Waals surface area contributed by atoms with Gasteiger partial charge in [0.05, 0.1) is 17.0 Å². The summed E-state index contributed by atoms with van der Waals surface area (Å²) in [6.07, 6.45) is 3.32. The van der Waals surface area contributed by atoms with Gasteiger partial charge in [0.2, 0.25) is 10.0 Å². The maximum absolute atomic E-state index is 12.0. The molecule has 1 saturated carbocycles. The number of sulfonamides is 1. The summed E-state index contributed by atoms with van der Waals surface area (Å²) in [7, 11) is -1.39. The van der Waals surface area contributed by atoms with Crippen molar-refractivity contribution in [3.8, 4) is 10.7 Å². The Morgan fingerprint density at radius 2 is 2.25 bits per heavy atom. The summed E-state index contributed by atoms with van der Waals surface area (Å²) in [4.78, 5) is 4.42. The van der Waals surface area contributed by atoms with Crippen LogP contribution >= 0.6 is 11.3 Å². The zero-order chi connectivity index (χ0) is 14.4. The molecule has 0 amide bonds. The summed E-state index contributed by atoms with van der Waals surface area (Å²) in [6.45, 7) is 2.01. The Hall–Kier alpha value is -1.25. The lowest BCUT2D eigenvalue weighted by Crippen LogP contribution is -2.33. The summed E-state index contributed by atoms with van der Waals surface area (Å²) in [5, 5.41) is 6.94. The molecule has 0 unspecified atom stereocenters. The second-order valence-corrected chi connectivity index (χ2v) is 8.43. The van der Waals surface area contributed by atoms with E-state index in [1.165, 1.54) is 11.3 Å². The van der Waals surface area contributed by atoms with E-state index in [2.05, 4.69) is 14.8 Å². The Morgan fingerprint density at radius 3 is 2.85 bits per heavy atom. The molecule has 1 aliphatic carbocycles. The molecule has 0 bridgehead atoms. The fourth-order valence-electron chi connectivity index (χ4n) is 1.82. The van der Waals surface area contributed by atoms with Gasteiger partial charge in [0.15, 0.2) is 0 Å². The molecular formula is C12H16N4O2S2. The van der Waals surface area contributed by atoms with Crippen LogP contribution in [0.25, 0.3) is 10.7 Å². The minimum atomic E-state index is -3.24. The molecule has 0 spiro atoms. The van der Waals surface area contributed by atoms with Crippen molar-refractivity contribution in [1.29, 1.82) is 0 Å². The minimum absolute atomic E-state index is 0.237. The topological polar surface area (TPSA) is 76.9 Å². The van der Waals surface area contributed by atoms with E-state index >= 15 is 0 Å². The first kappa shape index (κ1) is 13.7. The highest BCUT2D eigenvalue weighted by molar-refractivity contribution is 7.91. The molecule has 2 heterocycles. The first-order valence-electron chi connectivity index (χ1n) is 6.33. The minimum Gasteiger partial charge on any atom is -0.275 e. The van der Waals surface area contributed by atoms with Crippen molar-refractivity contribution >= 4 is 21.4 Å². The highest BCUT2D eigenvalue weighted by Gasteiger charge is 2.49. The molecule has 2 aromatic heterocycles. The summed E-state index contributed by atoms with van der Waals surface area (Å²) >= 11 is 1.47. The lowest BCUT2D eigenvalue weighted by atomic mass is 10.4. The molecular weight excluding hydrogens is 296 g/mol. The van der Waals surface area contributed by atoms with Gasteiger partial charge in [0.25, 0.3) is 0 Å². The zero-order valence-electron chi connectivity index (χ0n) is 11.3. The molecule has 0 aliphatic heterocycles. The van der Waals surface area contributed by atoms with E-state index in [0.29, 0.717) is 0 Å². The fraction of sp³-hybridized carbons (Fsp3) is 0.500. The average Bonchev–Trinajstić information content (AvgIpc) is 2.85. The van der Waals surface area contributed by atoms with Crippen molar-refractivity contribution in [2.45, 2.75) is 31.1 Å². The number of aromatic nitrogens is 3. The Bertz CT molecular complexity index is 728. The van der Waals surface area contributed by atoms with Gasteiger partial charge in [-0.3, -0.25) is 4.68 Å². The molecule has 3 rings (SSSR count). The van der Waals surface area contributed by atoms with Crippen LogP contribution in [0.5, 0.6) is 0 Å². The van der Waals surface area contributed by atoms with Crippen molar-refractivity contribution in [2.75, 3.05) is 0 Å². The predicted molar refractivity (Wildman–Crippen MR) is 77.7 cm³/mol. The Balaban J connectivity index is 1.69. The molecule has 20 heavy (non-hydrogen) atoms. The molecule has 1 N–H and O–H groups in total. The van der Waals surface area contributed by atoms with Crippen molar-refractivity contribution in [1.82, 2.24) is 19.5 Å². The summed E-state index contributed by atoms with van der Waals surface area (Å²) < 4.78 is 27.8. The largest absolute Gasteiger partial charge is 0.275 e. The Kier molecular flexibility index (Phi) is 3.19. The molecule has 1 aliphatic rings. The molecule has 0 radical (unpaired) electrons. The molecule has 2 aromatic rings. The van der Waals surface area contributed by atoms with Crippen molar-refractivity contribution in [3.05, 3.63) is 23.3 Å². The second-order valence-electron chi connectivity index (χ2n) is 5.29. The van der Waals surface area contributed by atoms with Gasteiger partial charge in [0, 0.05) is 18.6 Å². The Morgan fingerprint density at radius 1 is 1.50 bits per heavy atom. The van der Waals surface area contributed by atoms with Crippen molar-refractivity contribution in [2.24, 2.45) is 7.05 Å². The van der Waals surface area contributed by atoms with Crippen molar-refractivity contribution < 1.29 is 8.42 Å². The standard InChI is InChI=1S/C12H16N4O2S2/c1-12(4-5-12)20(17,18)13-7-9-8-19-11(14-9)10-3-6-16(2)15-10/h3,6,8,13H,4-5,7H2,1-2H3. The quantitative estimate of drug-likeness (QED) is 0.908. The van der Waals surface area contributed by atoms with Crippen LogP contribution in [0, 0.1) is 0 Å². The van der Waals surface area contributed by atoms with Crippen LogP contribution in [0.15, 0.2) is 17.6 Å². The highest BCUT2D eigenvalue weighted by atomic mass is 32.2. The third-order valence-electron chi connectivity index (χ3n) is 3.53. The fourth-order valence-corrected chi connectivity index (χ4v) is 3.93. The molecule has 6 nitrogen and oxygen atoms in total. The normalized spacial score (nSPS) is 17.3. The van der Waals surface area contributed by atoms with Gasteiger partial charge in [0.1, 0.15) is 10.7 Å². The Labute approximate surface area is 121 Å². The zero-order valence-corrected chi connectivity index (χ0v) is 13.0. The number of rotatable bonds is 5. The second kappa shape index (κ2) is 4.64. The van der Waals surface area contributed by atoms with Gasteiger partial charge in [-0.1, -0.05) is 0 Å². The number of nitrogens with one attached hydrogen (secondary N) is 1. The van der Waals surface area contributed by atoms with Crippen LogP contribution in [0.2, 0.25) is 0 Å². The highest BCUT2D eigenvalue weighted by Crippen LogP contribution is 2.42. The molecule has 0 aromatic carbocycles. The summed E-state index contributed by atoms with van der Waals surface area (Å²) in [5.41, 5.74) is 1.53. The number of nitrogens with zero attached hydrogens (tertiary/aromatic N) is 3. The first-order chi connectivity index (χ1) is 9.40. The average molecular weight is 312 g/mol. The first-order valence-corrected chi connectivity index (χ1v) is 8.70. The lowest BCUT2D eigenvalue weighted by molar-refractivity contribution is 0.566. The predicted octanol–water partition coefficient (Wildman–Crippen LogP) is 1.52. The van der Waals surface area contributed by atoms with Gasteiger partial charge in [-0.2, -0.15) is 5.10 Å². The van der Waals surface area contributed by atoms with E-state index in [1.54, 1.807) is 11.6 Å². The lowest BCUT2D eigenvalue weighted by Gasteiger charge is -2.10. The number of thiazole rings is 1. The summed E-state index contributed by atoms with van der Waals surface area (Å²) in [5.74, 6) is 0. The molecule has 0 saturated heterocycles. The number of hydrogen-bond donors (Lipinski definition) is 1. The van der Waals surface area contributed by atoms with Crippen LogP contribution in [0.3, 0.4) is 0 Å². The molecule has 0 atom stereocenters. The number of hydrogen-bond acceptors (Lipinski definition) is 5. The van der Waals surface area contributed by atoms with Gasteiger partial charge >= 0.3 is 0 Å². The maximum atomic E-state index is 12.0. The van der Waals surface area contributed by atoms with Crippen LogP contribution in [0.4, 0.5) is 0 Å². The van der Waals surface area contributed by atoms with Gasteiger partial charge in [-0.25, -0.2) is 18.1 Å². The van der Waals surface area contributed by atoms with E-state index in [9.17, 15) is 8.42 Å². The number of aryl methyl sites for hydroxylation is 1. The third kappa shape index (κ3) is 2.50. The summed E-state index contributed by atoms with van der Waals surface area (Å²) in [6, 6.07) is 1.89. The maximum Gasteiger partial charge on any atom is 0.217 e. The van der Waals surface area contributed by atoms with Gasteiger partial charge in [-0.05, 0) is 25.8 Å². The molecule has 108 valence electrons.